The first-order valence-corrected chi connectivity index (χ1v) is 8.54. The van der Waals surface area contributed by atoms with Gasteiger partial charge in [0.25, 0.3) is 5.56 Å². The molecule has 0 saturated carbocycles. The van der Waals surface area contributed by atoms with Crippen LogP contribution >= 0.6 is 23.4 Å². The number of benzene rings is 2. The van der Waals surface area contributed by atoms with E-state index in [0.29, 0.717) is 22.2 Å². The van der Waals surface area contributed by atoms with E-state index in [-0.39, 0.29) is 17.0 Å². The van der Waals surface area contributed by atoms with Crippen LogP contribution in [0.2, 0.25) is 5.02 Å². The van der Waals surface area contributed by atoms with Crippen LogP contribution in [0.25, 0.3) is 5.69 Å². The van der Waals surface area contributed by atoms with Crippen molar-refractivity contribution in [3.8, 4) is 5.69 Å². The van der Waals surface area contributed by atoms with Crippen LogP contribution in [0.4, 0.5) is 0 Å². The van der Waals surface area contributed by atoms with Crippen molar-refractivity contribution in [3.05, 3.63) is 81.2 Å². The Kier molecular flexibility index (Phi) is 4.78. The molecule has 2 aromatic carbocycles. The molecule has 1 aromatic heterocycles. The summed E-state index contributed by atoms with van der Waals surface area (Å²) < 4.78 is 1.41. The average Bonchev–Trinajstić information content (AvgIpc) is 2.92. The summed E-state index contributed by atoms with van der Waals surface area (Å²) in [6.45, 7) is 0. The van der Waals surface area contributed by atoms with Gasteiger partial charge in [-0.3, -0.25) is 15.3 Å². The van der Waals surface area contributed by atoms with Gasteiger partial charge in [0.05, 0.1) is 11.4 Å². The number of thioether (sulfide) groups is 1. The maximum atomic E-state index is 12.6. The number of rotatable bonds is 5. The maximum absolute atomic E-state index is 12.6. The molecule has 0 aliphatic rings. The minimum Gasteiger partial charge on any atom is -0.383 e. The van der Waals surface area contributed by atoms with Gasteiger partial charge in [0, 0.05) is 15.7 Å². The van der Waals surface area contributed by atoms with Gasteiger partial charge in [0.2, 0.25) is 0 Å². The molecule has 0 unspecified atom stereocenters. The molecule has 0 aliphatic carbocycles. The standard InChI is InChI=1S/C17H15ClN4OS/c18-11-6-8-13(9-7-11)24-10-14-15(16(19)20)17(23)22(21-14)12-4-2-1-3-5-12/h1-9,21H,10H2,(H3,19,20). The number of nitrogens with one attached hydrogen (secondary N) is 2. The van der Waals surface area contributed by atoms with Gasteiger partial charge in [-0.25, -0.2) is 4.68 Å². The van der Waals surface area contributed by atoms with E-state index < -0.39 is 0 Å². The zero-order valence-corrected chi connectivity index (χ0v) is 14.2. The maximum Gasteiger partial charge on any atom is 0.282 e. The van der Waals surface area contributed by atoms with Gasteiger partial charge in [0.15, 0.2) is 0 Å². The fourth-order valence-corrected chi connectivity index (χ4v) is 3.28. The highest BCUT2D eigenvalue weighted by Gasteiger charge is 2.17. The Hall–Kier alpha value is -2.44. The lowest BCUT2D eigenvalue weighted by Gasteiger charge is -2.03. The van der Waals surface area contributed by atoms with Gasteiger partial charge in [-0.2, -0.15) is 0 Å². The second kappa shape index (κ2) is 6.98. The zero-order valence-electron chi connectivity index (χ0n) is 12.6. The number of para-hydroxylation sites is 1. The highest BCUT2D eigenvalue weighted by molar-refractivity contribution is 7.98. The minimum atomic E-state index is -0.319. The fourth-order valence-electron chi connectivity index (χ4n) is 2.31. The normalized spacial score (nSPS) is 10.7. The molecule has 0 radical (unpaired) electrons. The molecule has 0 spiro atoms. The van der Waals surface area contributed by atoms with Crippen LogP contribution in [0.3, 0.4) is 0 Å². The molecule has 0 aliphatic heterocycles. The van der Waals surface area contributed by atoms with E-state index in [9.17, 15) is 4.79 Å². The number of aromatic nitrogens is 2. The van der Waals surface area contributed by atoms with E-state index in [0.717, 1.165) is 4.90 Å². The van der Waals surface area contributed by atoms with Crippen LogP contribution < -0.4 is 11.3 Å². The van der Waals surface area contributed by atoms with Crippen LogP contribution in [0.1, 0.15) is 11.3 Å². The molecule has 0 saturated heterocycles. The molecule has 1 heterocycles. The molecule has 0 fully saturated rings. The summed E-state index contributed by atoms with van der Waals surface area (Å²) >= 11 is 7.42. The van der Waals surface area contributed by atoms with Gasteiger partial charge in [-0.15, -0.1) is 11.8 Å². The van der Waals surface area contributed by atoms with Crippen molar-refractivity contribution >= 4 is 29.2 Å². The van der Waals surface area contributed by atoms with Crippen molar-refractivity contribution in [2.75, 3.05) is 0 Å². The first-order chi connectivity index (χ1) is 11.6. The molecule has 122 valence electrons. The number of hydrogen-bond acceptors (Lipinski definition) is 3. The summed E-state index contributed by atoms with van der Waals surface area (Å²) in [6.07, 6.45) is 0. The second-order valence-corrected chi connectivity index (χ2v) is 6.58. The number of amidine groups is 1. The van der Waals surface area contributed by atoms with Gasteiger partial charge in [-0.1, -0.05) is 29.8 Å². The van der Waals surface area contributed by atoms with Crippen LogP contribution in [0.15, 0.2) is 64.3 Å². The monoisotopic (exact) mass is 358 g/mol. The summed E-state index contributed by atoms with van der Waals surface area (Å²) in [5.41, 5.74) is 6.83. The van der Waals surface area contributed by atoms with E-state index in [1.165, 1.54) is 16.4 Å². The number of nitrogens with two attached hydrogens (primary N) is 1. The van der Waals surface area contributed by atoms with E-state index in [4.69, 9.17) is 22.7 Å². The third kappa shape index (κ3) is 3.39. The van der Waals surface area contributed by atoms with Gasteiger partial charge in [-0.05, 0) is 36.4 Å². The van der Waals surface area contributed by atoms with Crippen LogP contribution in [-0.4, -0.2) is 15.6 Å². The first kappa shape index (κ1) is 16.4. The molecule has 5 nitrogen and oxygen atoms in total. The Morgan fingerprint density at radius 3 is 2.46 bits per heavy atom. The van der Waals surface area contributed by atoms with Gasteiger partial charge >= 0.3 is 0 Å². The van der Waals surface area contributed by atoms with Crippen molar-refractivity contribution < 1.29 is 0 Å². The zero-order chi connectivity index (χ0) is 17.1. The Morgan fingerprint density at radius 1 is 1.17 bits per heavy atom. The summed E-state index contributed by atoms with van der Waals surface area (Å²) in [6, 6.07) is 16.6. The van der Waals surface area contributed by atoms with Crippen molar-refractivity contribution in [2.45, 2.75) is 10.6 Å². The van der Waals surface area contributed by atoms with Crippen molar-refractivity contribution in [1.29, 1.82) is 5.41 Å². The highest BCUT2D eigenvalue weighted by atomic mass is 35.5. The van der Waals surface area contributed by atoms with Crippen LogP contribution in [-0.2, 0) is 5.75 Å². The Labute approximate surface area is 147 Å². The minimum absolute atomic E-state index is 0.209. The average molecular weight is 359 g/mol. The quantitative estimate of drug-likeness (QED) is 0.371. The smallest absolute Gasteiger partial charge is 0.282 e. The van der Waals surface area contributed by atoms with E-state index >= 15 is 0 Å². The molecule has 3 rings (SSSR count). The molecule has 24 heavy (non-hydrogen) atoms. The van der Waals surface area contributed by atoms with Gasteiger partial charge in [0.1, 0.15) is 11.4 Å². The third-order valence-electron chi connectivity index (χ3n) is 3.45. The number of nitrogens with zero attached hydrogens (tertiary/aromatic N) is 1. The molecule has 0 amide bonds. The predicted octanol–water partition coefficient (Wildman–Crippen LogP) is 3.40. The third-order valence-corrected chi connectivity index (χ3v) is 4.74. The number of hydrogen-bond donors (Lipinski definition) is 3. The number of H-pyrrole nitrogens is 1. The Balaban J connectivity index is 1.93. The van der Waals surface area contributed by atoms with Gasteiger partial charge < -0.3 is 5.73 Å². The van der Waals surface area contributed by atoms with E-state index in [2.05, 4.69) is 5.10 Å². The number of aromatic amines is 1. The van der Waals surface area contributed by atoms with Crippen LogP contribution in [0, 0.1) is 5.41 Å². The molecule has 0 atom stereocenters. The summed E-state index contributed by atoms with van der Waals surface area (Å²) in [5, 5.41) is 11.5. The molecular formula is C17H15ClN4OS. The molecule has 7 heteroatoms. The number of halogens is 1. The topological polar surface area (TPSA) is 87.7 Å². The van der Waals surface area contributed by atoms with Crippen molar-refractivity contribution in [2.24, 2.45) is 5.73 Å². The summed E-state index contributed by atoms with van der Waals surface area (Å²) in [7, 11) is 0. The van der Waals surface area contributed by atoms with E-state index in [1.807, 2.05) is 54.6 Å². The fraction of sp³-hybridized carbons (Fsp3) is 0.0588. The Bertz CT molecular complexity index is 916. The van der Waals surface area contributed by atoms with Crippen molar-refractivity contribution in [3.63, 3.8) is 0 Å². The lowest BCUT2D eigenvalue weighted by Crippen LogP contribution is -2.24. The first-order valence-electron chi connectivity index (χ1n) is 7.18. The number of nitrogen functional groups attached to an aromatic ring is 1. The molecule has 0 bridgehead atoms. The van der Waals surface area contributed by atoms with E-state index in [1.54, 1.807) is 0 Å². The lowest BCUT2D eigenvalue weighted by atomic mass is 10.2. The summed E-state index contributed by atoms with van der Waals surface area (Å²) in [4.78, 5) is 13.6. The van der Waals surface area contributed by atoms with Crippen LogP contribution in [0.5, 0.6) is 0 Å². The molecule has 3 aromatic rings. The largest absolute Gasteiger partial charge is 0.383 e. The molecule has 4 N–H and O–H groups in total. The predicted molar refractivity (Wildman–Crippen MR) is 98.4 cm³/mol. The Morgan fingerprint density at radius 2 is 1.83 bits per heavy atom. The molecular weight excluding hydrogens is 344 g/mol. The second-order valence-electron chi connectivity index (χ2n) is 5.10. The SMILES string of the molecule is N=C(N)c1c(CSc2ccc(Cl)cc2)[nH]n(-c2ccccc2)c1=O. The lowest BCUT2D eigenvalue weighted by molar-refractivity contribution is 0.833. The summed E-state index contributed by atoms with van der Waals surface area (Å²) in [5.74, 6) is 0.253. The van der Waals surface area contributed by atoms with Crippen molar-refractivity contribution in [1.82, 2.24) is 9.78 Å². The highest BCUT2D eigenvalue weighted by Crippen LogP contribution is 2.24.